The predicted octanol–water partition coefficient (Wildman–Crippen LogP) is 6.08. The molecule has 0 saturated heterocycles. The summed E-state index contributed by atoms with van der Waals surface area (Å²) in [6.07, 6.45) is 14.1. The van der Waals surface area contributed by atoms with Crippen LogP contribution in [0.2, 0.25) is 0 Å². The maximum atomic E-state index is 13.0. The van der Waals surface area contributed by atoms with E-state index in [1.165, 1.54) is 69.9 Å². The summed E-state index contributed by atoms with van der Waals surface area (Å²) >= 11 is 0. The molecule has 0 heterocycles. The van der Waals surface area contributed by atoms with Crippen molar-refractivity contribution in [3.63, 3.8) is 0 Å². The number of halogens is 1. The fourth-order valence-corrected chi connectivity index (χ4v) is 3.06. The van der Waals surface area contributed by atoms with Gasteiger partial charge in [-0.25, -0.2) is 4.39 Å². The topological polar surface area (TPSA) is 33.6 Å². The summed E-state index contributed by atoms with van der Waals surface area (Å²) < 4.78 is 13.0. The van der Waals surface area contributed by atoms with Crippen LogP contribution in [0.15, 0.2) is 29.4 Å². The Bertz CT molecular complexity index is 474. The van der Waals surface area contributed by atoms with E-state index >= 15 is 0 Å². The van der Waals surface area contributed by atoms with Gasteiger partial charge in [0, 0.05) is 0 Å². The number of benzene rings is 1. The van der Waals surface area contributed by atoms with Crippen LogP contribution in [-0.4, -0.2) is 25.9 Å². The van der Waals surface area contributed by atoms with Crippen molar-refractivity contribution in [2.45, 2.75) is 77.6 Å². The number of nitrogens with one attached hydrogen (secondary N) is 1. The average molecular weight is 365 g/mol. The molecule has 0 radical (unpaired) electrons. The highest BCUT2D eigenvalue weighted by atomic mass is 19.1. The summed E-state index contributed by atoms with van der Waals surface area (Å²) in [4.78, 5) is 4.93. The summed E-state index contributed by atoms with van der Waals surface area (Å²) in [5.74, 6) is -0.229. The lowest BCUT2D eigenvalue weighted by atomic mass is 10.1. The van der Waals surface area contributed by atoms with E-state index in [9.17, 15) is 4.39 Å². The lowest BCUT2D eigenvalue weighted by molar-refractivity contribution is 0.212. The summed E-state index contributed by atoms with van der Waals surface area (Å²) in [6.45, 7) is 4.32. The molecule has 0 aliphatic carbocycles. The van der Waals surface area contributed by atoms with Crippen LogP contribution in [-0.2, 0) is 4.84 Å². The first-order chi connectivity index (χ1) is 12.8. The van der Waals surface area contributed by atoms with E-state index in [0.717, 1.165) is 37.2 Å². The van der Waals surface area contributed by atoms with Gasteiger partial charge in [-0.2, -0.15) is 0 Å². The van der Waals surface area contributed by atoms with Crippen molar-refractivity contribution in [1.82, 2.24) is 5.32 Å². The fourth-order valence-electron chi connectivity index (χ4n) is 3.06. The number of nitrogens with zero attached hydrogens (tertiary/aromatic N) is 1. The highest BCUT2D eigenvalue weighted by molar-refractivity contribution is 6.00. The zero-order chi connectivity index (χ0) is 18.9. The first-order valence-corrected chi connectivity index (χ1v) is 10.3. The van der Waals surface area contributed by atoms with Gasteiger partial charge < -0.3 is 10.2 Å². The van der Waals surface area contributed by atoms with E-state index in [4.69, 9.17) is 4.84 Å². The third kappa shape index (κ3) is 11.2. The molecule has 0 spiro atoms. The van der Waals surface area contributed by atoms with Gasteiger partial charge in [-0.15, -0.1) is 0 Å². The molecule has 4 heteroatoms. The maximum Gasteiger partial charge on any atom is 0.123 e. The first-order valence-electron chi connectivity index (χ1n) is 10.3. The van der Waals surface area contributed by atoms with Crippen LogP contribution in [0.3, 0.4) is 0 Å². The Kier molecular flexibility index (Phi) is 13.8. The molecule has 148 valence electrons. The lowest BCUT2D eigenvalue weighted by Gasteiger charge is -2.08. The zero-order valence-corrected chi connectivity index (χ0v) is 16.7. The second kappa shape index (κ2) is 15.8. The summed E-state index contributed by atoms with van der Waals surface area (Å²) in [6, 6.07) is 6.43. The van der Waals surface area contributed by atoms with Crippen LogP contribution in [0, 0.1) is 5.82 Å². The molecule has 1 aromatic carbocycles. The van der Waals surface area contributed by atoms with Gasteiger partial charge in [0.25, 0.3) is 0 Å². The van der Waals surface area contributed by atoms with Crippen molar-refractivity contribution in [2.75, 3.05) is 20.2 Å². The molecule has 0 bridgehead atoms. The quantitative estimate of drug-likeness (QED) is 0.219. The molecule has 0 unspecified atom stereocenters. The Balaban J connectivity index is 2.01. The molecular weight excluding hydrogens is 327 g/mol. The van der Waals surface area contributed by atoms with Crippen LogP contribution in [0.1, 0.15) is 83.1 Å². The van der Waals surface area contributed by atoms with Gasteiger partial charge in [-0.1, -0.05) is 75.6 Å². The Morgan fingerprint density at radius 3 is 2.08 bits per heavy atom. The number of rotatable bonds is 16. The average Bonchev–Trinajstić information content (AvgIpc) is 2.65. The molecule has 1 N–H and O–H groups in total. The molecule has 0 aromatic heterocycles. The van der Waals surface area contributed by atoms with Gasteiger partial charge in [-0.3, -0.25) is 0 Å². The Morgan fingerprint density at radius 1 is 0.885 bits per heavy atom. The van der Waals surface area contributed by atoms with E-state index in [2.05, 4.69) is 17.4 Å². The van der Waals surface area contributed by atoms with E-state index in [0.29, 0.717) is 0 Å². The van der Waals surface area contributed by atoms with Crippen molar-refractivity contribution in [1.29, 1.82) is 0 Å². The molecule has 0 atom stereocenters. The molecule has 0 amide bonds. The third-order valence-electron chi connectivity index (χ3n) is 4.60. The molecule has 1 aromatic rings. The summed E-state index contributed by atoms with van der Waals surface area (Å²) in [5.41, 5.74) is 1.80. The number of hydrogen-bond donors (Lipinski definition) is 1. The van der Waals surface area contributed by atoms with Crippen LogP contribution >= 0.6 is 0 Å². The van der Waals surface area contributed by atoms with Gasteiger partial charge in [-0.05, 0) is 50.0 Å². The van der Waals surface area contributed by atoms with Gasteiger partial charge >= 0.3 is 0 Å². The van der Waals surface area contributed by atoms with Crippen LogP contribution in [0.4, 0.5) is 4.39 Å². The van der Waals surface area contributed by atoms with Crippen molar-refractivity contribution in [2.24, 2.45) is 5.16 Å². The van der Waals surface area contributed by atoms with Crippen molar-refractivity contribution in [3.8, 4) is 0 Å². The first kappa shape index (κ1) is 22.6. The van der Waals surface area contributed by atoms with Crippen LogP contribution < -0.4 is 5.32 Å². The normalized spacial score (nSPS) is 11.7. The number of oxime groups is 1. The highest BCUT2D eigenvalue weighted by Gasteiger charge is 2.05. The van der Waals surface area contributed by atoms with Gasteiger partial charge in [0.1, 0.15) is 12.9 Å². The molecule has 0 fully saturated rings. The minimum atomic E-state index is -0.229. The fraction of sp³-hybridized carbons (Fsp3) is 0.682. The molecule has 3 nitrogen and oxygen atoms in total. The minimum absolute atomic E-state index is 0.229. The highest BCUT2D eigenvalue weighted by Crippen LogP contribution is 2.10. The third-order valence-corrected chi connectivity index (χ3v) is 4.60. The maximum absolute atomic E-state index is 13.0. The number of hydrogen-bond acceptors (Lipinski definition) is 3. The lowest BCUT2D eigenvalue weighted by Crippen LogP contribution is -2.17. The standard InChI is InChI=1S/C22H37FN2O/c1-3-4-5-6-7-8-9-10-11-18-24-19-12-13-22(25-26-2)20-14-16-21(23)17-15-20/h14-17,24H,3-13,18-19H2,1-2H3/b25-22-. The second-order valence-corrected chi connectivity index (χ2v) is 6.91. The van der Waals surface area contributed by atoms with E-state index < -0.39 is 0 Å². The second-order valence-electron chi connectivity index (χ2n) is 6.91. The molecule has 26 heavy (non-hydrogen) atoms. The molecule has 0 saturated carbocycles. The Morgan fingerprint density at radius 2 is 1.46 bits per heavy atom. The largest absolute Gasteiger partial charge is 0.399 e. The Labute approximate surface area is 159 Å². The van der Waals surface area contributed by atoms with E-state index in [1.807, 2.05) is 0 Å². The molecular formula is C22H37FN2O. The van der Waals surface area contributed by atoms with Crippen LogP contribution in [0.25, 0.3) is 0 Å². The Hall–Kier alpha value is -1.42. The monoisotopic (exact) mass is 364 g/mol. The minimum Gasteiger partial charge on any atom is -0.399 e. The zero-order valence-electron chi connectivity index (χ0n) is 16.7. The van der Waals surface area contributed by atoms with Gasteiger partial charge in [0.2, 0.25) is 0 Å². The van der Waals surface area contributed by atoms with E-state index in [1.54, 1.807) is 19.2 Å². The van der Waals surface area contributed by atoms with Crippen molar-refractivity contribution in [3.05, 3.63) is 35.6 Å². The summed E-state index contributed by atoms with van der Waals surface area (Å²) in [5, 5.41) is 7.59. The van der Waals surface area contributed by atoms with Gasteiger partial charge in [0.15, 0.2) is 0 Å². The van der Waals surface area contributed by atoms with E-state index in [-0.39, 0.29) is 5.82 Å². The molecule has 0 aliphatic rings. The summed E-state index contributed by atoms with van der Waals surface area (Å²) in [7, 11) is 1.55. The predicted molar refractivity (Wildman–Crippen MR) is 109 cm³/mol. The van der Waals surface area contributed by atoms with Crippen molar-refractivity contribution >= 4 is 5.71 Å². The smallest absolute Gasteiger partial charge is 0.123 e. The van der Waals surface area contributed by atoms with Gasteiger partial charge in [0.05, 0.1) is 5.71 Å². The van der Waals surface area contributed by atoms with Crippen LogP contribution in [0.5, 0.6) is 0 Å². The molecule has 0 aliphatic heterocycles. The number of unbranched alkanes of at least 4 members (excludes halogenated alkanes) is 8. The molecule has 1 rings (SSSR count). The SMILES string of the molecule is CCCCCCCCCCCNCCC/C(=N/OC)c1ccc(F)cc1. The van der Waals surface area contributed by atoms with Crippen molar-refractivity contribution < 1.29 is 9.23 Å².